The van der Waals surface area contributed by atoms with Crippen LogP contribution in [-0.4, -0.2) is 27.1 Å². The molecule has 2 rings (SSSR count). The zero-order valence-electron chi connectivity index (χ0n) is 13.7. The quantitative estimate of drug-likeness (QED) is 0.867. The molecule has 0 saturated heterocycles. The SMILES string of the molecule is Cc1c(Cl)cccc1N(CC(=O)Nc1ccccc1C#N)S(C)(=O)=O. The number of nitrogens with one attached hydrogen (secondary N) is 1. The number of benzene rings is 2. The monoisotopic (exact) mass is 377 g/mol. The maximum atomic E-state index is 12.3. The van der Waals surface area contributed by atoms with Gasteiger partial charge in [0.15, 0.2) is 0 Å². The van der Waals surface area contributed by atoms with Crippen LogP contribution in [0.1, 0.15) is 11.1 Å². The van der Waals surface area contributed by atoms with Crippen molar-refractivity contribution in [3.63, 3.8) is 0 Å². The van der Waals surface area contributed by atoms with Crippen LogP contribution in [-0.2, 0) is 14.8 Å². The van der Waals surface area contributed by atoms with Crippen molar-refractivity contribution in [2.45, 2.75) is 6.92 Å². The second-order valence-corrected chi connectivity index (χ2v) is 7.67. The van der Waals surface area contributed by atoms with E-state index in [1.807, 2.05) is 6.07 Å². The van der Waals surface area contributed by atoms with Crippen molar-refractivity contribution in [1.82, 2.24) is 0 Å². The summed E-state index contributed by atoms with van der Waals surface area (Å²) < 4.78 is 25.3. The summed E-state index contributed by atoms with van der Waals surface area (Å²) >= 11 is 6.06. The lowest BCUT2D eigenvalue weighted by molar-refractivity contribution is -0.114. The van der Waals surface area contributed by atoms with Gasteiger partial charge >= 0.3 is 0 Å². The molecule has 2 aromatic rings. The summed E-state index contributed by atoms with van der Waals surface area (Å²) in [6.07, 6.45) is 1.02. The van der Waals surface area contributed by atoms with Gasteiger partial charge in [0.1, 0.15) is 12.6 Å². The van der Waals surface area contributed by atoms with E-state index in [-0.39, 0.29) is 0 Å². The number of carbonyl (C=O) groups is 1. The van der Waals surface area contributed by atoms with E-state index in [2.05, 4.69) is 5.32 Å². The van der Waals surface area contributed by atoms with Crippen LogP contribution < -0.4 is 9.62 Å². The maximum Gasteiger partial charge on any atom is 0.245 e. The van der Waals surface area contributed by atoms with E-state index < -0.39 is 22.5 Å². The predicted molar refractivity (Wildman–Crippen MR) is 98.2 cm³/mol. The molecule has 0 aliphatic rings. The molecular weight excluding hydrogens is 362 g/mol. The third kappa shape index (κ3) is 4.50. The van der Waals surface area contributed by atoms with Crippen molar-refractivity contribution in [3.8, 4) is 6.07 Å². The van der Waals surface area contributed by atoms with Crippen molar-refractivity contribution in [2.24, 2.45) is 0 Å². The lowest BCUT2D eigenvalue weighted by Gasteiger charge is -2.24. The Labute approximate surface area is 151 Å². The zero-order valence-corrected chi connectivity index (χ0v) is 15.2. The summed E-state index contributed by atoms with van der Waals surface area (Å²) in [5, 5.41) is 12.0. The van der Waals surface area contributed by atoms with Gasteiger partial charge in [-0.15, -0.1) is 0 Å². The highest BCUT2D eigenvalue weighted by molar-refractivity contribution is 7.92. The van der Waals surface area contributed by atoms with Crippen LogP contribution in [0.5, 0.6) is 0 Å². The number of nitrogens with zero attached hydrogens (tertiary/aromatic N) is 2. The molecule has 0 fully saturated rings. The number of carbonyl (C=O) groups excluding carboxylic acids is 1. The molecule has 0 bridgehead atoms. The molecule has 0 spiro atoms. The number of hydrogen-bond acceptors (Lipinski definition) is 4. The smallest absolute Gasteiger partial charge is 0.245 e. The average molecular weight is 378 g/mol. The number of anilines is 2. The predicted octanol–water partition coefficient (Wildman–Crippen LogP) is 2.92. The summed E-state index contributed by atoms with van der Waals surface area (Å²) in [5.41, 5.74) is 1.51. The first-order chi connectivity index (χ1) is 11.7. The molecule has 0 aliphatic carbocycles. The van der Waals surface area contributed by atoms with Gasteiger partial charge in [0.25, 0.3) is 0 Å². The third-order valence-corrected chi connectivity index (χ3v) is 5.05. The van der Waals surface area contributed by atoms with Gasteiger partial charge in [-0.3, -0.25) is 9.10 Å². The van der Waals surface area contributed by atoms with Gasteiger partial charge in [0, 0.05) is 5.02 Å². The number of halogens is 1. The molecule has 0 aliphatic heterocycles. The minimum atomic E-state index is -3.71. The Balaban J connectivity index is 2.31. The summed E-state index contributed by atoms with van der Waals surface area (Å²) in [6, 6.07) is 13.3. The number of sulfonamides is 1. The van der Waals surface area contributed by atoms with Crippen molar-refractivity contribution in [2.75, 3.05) is 22.4 Å². The topological polar surface area (TPSA) is 90.3 Å². The summed E-state index contributed by atoms with van der Waals surface area (Å²) in [4.78, 5) is 12.3. The first kappa shape index (κ1) is 18.8. The van der Waals surface area contributed by atoms with E-state index in [4.69, 9.17) is 16.9 Å². The molecule has 0 unspecified atom stereocenters. The van der Waals surface area contributed by atoms with Gasteiger partial charge in [-0.05, 0) is 36.8 Å². The number of nitriles is 1. The molecule has 1 amide bonds. The molecular formula is C17H16ClN3O3S. The van der Waals surface area contributed by atoms with Crippen LogP contribution in [0.3, 0.4) is 0 Å². The largest absolute Gasteiger partial charge is 0.323 e. The van der Waals surface area contributed by atoms with Gasteiger partial charge in [0.2, 0.25) is 15.9 Å². The fourth-order valence-electron chi connectivity index (χ4n) is 2.26. The Kier molecular flexibility index (Phi) is 5.67. The Morgan fingerprint density at radius 3 is 2.56 bits per heavy atom. The fourth-order valence-corrected chi connectivity index (χ4v) is 3.33. The van der Waals surface area contributed by atoms with Gasteiger partial charge in [-0.1, -0.05) is 29.8 Å². The molecule has 0 aromatic heterocycles. The normalized spacial score (nSPS) is 10.8. The lowest BCUT2D eigenvalue weighted by atomic mass is 10.2. The molecule has 0 atom stereocenters. The van der Waals surface area contributed by atoms with Gasteiger partial charge < -0.3 is 5.32 Å². The second-order valence-electron chi connectivity index (χ2n) is 5.36. The maximum absolute atomic E-state index is 12.3. The summed E-state index contributed by atoms with van der Waals surface area (Å²) in [5.74, 6) is -0.562. The molecule has 1 N–H and O–H groups in total. The van der Waals surface area contributed by atoms with E-state index in [1.54, 1.807) is 49.4 Å². The highest BCUT2D eigenvalue weighted by Gasteiger charge is 2.23. The Hall–Kier alpha value is -2.56. The molecule has 6 nitrogen and oxygen atoms in total. The van der Waals surface area contributed by atoms with Crippen LogP contribution in [0.25, 0.3) is 0 Å². The molecule has 0 heterocycles. The highest BCUT2D eigenvalue weighted by atomic mass is 35.5. The lowest BCUT2D eigenvalue weighted by Crippen LogP contribution is -2.38. The van der Waals surface area contributed by atoms with Crippen LogP contribution >= 0.6 is 11.6 Å². The van der Waals surface area contributed by atoms with Gasteiger partial charge in [0.05, 0.1) is 23.2 Å². The van der Waals surface area contributed by atoms with Crippen molar-refractivity contribution >= 4 is 38.9 Å². The van der Waals surface area contributed by atoms with E-state index in [0.717, 1.165) is 10.6 Å². The fraction of sp³-hybridized carbons (Fsp3) is 0.176. The second kappa shape index (κ2) is 7.55. The van der Waals surface area contributed by atoms with E-state index in [1.165, 1.54) is 0 Å². The minimum absolute atomic E-state index is 0.292. The van der Waals surface area contributed by atoms with Crippen LogP contribution in [0.2, 0.25) is 5.02 Å². The summed E-state index contributed by atoms with van der Waals surface area (Å²) in [6.45, 7) is 1.25. The standard InChI is InChI=1S/C17H16ClN3O3S/c1-12-14(18)7-5-9-16(12)21(25(2,23)24)11-17(22)20-15-8-4-3-6-13(15)10-19/h3-9H,11H2,1-2H3,(H,20,22). The van der Waals surface area contributed by atoms with Gasteiger partial charge in [-0.2, -0.15) is 5.26 Å². The molecule has 0 saturated carbocycles. The average Bonchev–Trinajstić information content (AvgIpc) is 2.55. The summed E-state index contributed by atoms with van der Waals surface area (Å²) in [7, 11) is -3.71. The zero-order chi connectivity index (χ0) is 18.6. The van der Waals surface area contributed by atoms with Crippen LogP contribution in [0.4, 0.5) is 11.4 Å². The molecule has 8 heteroatoms. The first-order valence-electron chi connectivity index (χ1n) is 7.26. The van der Waals surface area contributed by atoms with E-state index >= 15 is 0 Å². The number of para-hydroxylation sites is 1. The third-order valence-electron chi connectivity index (χ3n) is 3.52. The minimum Gasteiger partial charge on any atom is -0.323 e. The van der Waals surface area contributed by atoms with Crippen molar-refractivity contribution in [3.05, 3.63) is 58.6 Å². The Bertz CT molecular complexity index is 952. The number of amides is 1. The Morgan fingerprint density at radius 1 is 1.24 bits per heavy atom. The molecule has 25 heavy (non-hydrogen) atoms. The number of hydrogen-bond donors (Lipinski definition) is 1. The number of rotatable bonds is 5. The van der Waals surface area contributed by atoms with Gasteiger partial charge in [-0.25, -0.2) is 8.42 Å². The highest BCUT2D eigenvalue weighted by Crippen LogP contribution is 2.28. The first-order valence-corrected chi connectivity index (χ1v) is 9.48. The van der Waals surface area contributed by atoms with Crippen LogP contribution in [0.15, 0.2) is 42.5 Å². The van der Waals surface area contributed by atoms with E-state index in [0.29, 0.717) is 27.5 Å². The van der Waals surface area contributed by atoms with Crippen LogP contribution in [0, 0.1) is 18.3 Å². The molecule has 0 radical (unpaired) electrons. The van der Waals surface area contributed by atoms with Crippen molar-refractivity contribution in [1.29, 1.82) is 5.26 Å². The molecule has 2 aromatic carbocycles. The Morgan fingerprint density at radius 2 is 1.92 bits per heavy atom. The van der Waals surface area contributed by atoms with E-state index in [9.17, 15) is 13.2 Å². The van der Waals surface area contributed by atoms with Crippen molar-refractivity contribution < 1.29 is 13.2 Å². The molecule has 130 valence electrons.